The minimum atomic E-state index is -0.0354. The Kier molecular flexibility index (Phi) is 11.9. The molecule has 4 aromatic carbocycles. The molecule has 0 aliphatic carbocycles. The van der Waals surface area contributed by atoms with Crippen LogP contribution in [-0.2, 0) is 70.4 Å². The predicted octanol–water partition coefficient (Wildman–Crippen LogP) is 7.24. The van der Waals surface area contributed by atoms with Crippen LogP contribution in [0.2, 0.25) is 0 Å². The molecule has 4 rings (SSSR count). The first kappa shape index (κ1) is 30.0. The second-order valence-corrected chi connectivity index (χ2v) is 10.3. The van der Waals surface area contributed by atoms with E-state index >= 15 is 0 Å². The van der Waals surface area contributed by atoms with Crippen molar-refractivity contribution in [3.63, 3.8) is 0 Å². The van der Waals surface area contributed by atoms with E-state index in [1.165, 1.54) is 0 Å². The van der Waals surface area contributed by atoms with Gasteiger partial charge < -0.3 is 83.1 Å². The van der Waals surface area contributed by atoms with Gasteiger partial charge >= 0.3 is 19.5 Å². The molecule has 4 aromatic rings. The zero-order valence-electron chi connectivity index (χ0n) is 18.6. The molecule has 0 fully saturated rings. The molecule has 0 saturated carbocycles. The third kappa shape index (κ3) is 6.95. The summed E-state index contributed by atoms with van der Waals surface area (Å²) in [7, 11) is 0. The molecule has 0 saturated heterocycles. The first-order valence-corrected chi connectivity index (χ1v) is 12.5. The van der Waals surface area contributed by atoms with E-state index in [1.807, 2.05) is 121 Å². The molecular weight excluding hydrogens is 598 g/mol. The number of benzene rings is 4. The number of para-hydroxylation sites is 4. The monoisotopic (exact) mass is 616 g/mol. The molecule has 0 N–H and O–H groups in total. The van der Waals surface area contributed by atoms with Gasteiger partial charge in [-0.2, -0.15) is 0 Å². The van der Waals surface area contributed by atoms with Gasteiger partial charge in [-0.1, -0.05) is 72.8 Å². The molecule has 0 aromatic heterocycles. The summed E-state index contributed by atoms with van der Waals surface area (Å²) in [5, 5.41) is 0. The van der Waals surface area contributed by atoms with Gasteiger partial charge in [-0.3, -0.25) is 0 Å². The third-order valence-corrected chi connectivity index (χ3v) is 7.76. The molecule has 0 aliphatic rings. The van der Waals surface area contributed by atoms with Crippen LogP contribution >= 0.6 is 24.4 Å². The number of rotatable bonds is 4. The normalized spacial score (nSPS) is 10.8. The van der Waals surface area contributed by atoms with Crippen LogP contribution in [0.4, 0.5) is 22.7 Å². The van der Waals surface area contributed by atoms with Gasteiger partial charge in [0.05, 0.1) is 0 Å². The zero-order valence-corrected chi connectivity index (χ0v) is 26.5. The van der Waals surface area contributed by atoms with Gasteiger partial charge in [0, 0.05) is 8.64 Å². The van der Waals surface area contributed by atoms with Crippen molar-refractivity contribution in [3.8, 4) is 0 Å². The fraction of sp³-hybridized carbons (Fsp3) is 0. The van der Waals surface area contributed by atoms with Crippen LogP contribution in [0.15, 0.2) is 121 Å². The van der Waals surface area contributed by atoms with E-state index in [0.717, 1.165) is 22.7 Å². The molecular formula is C26H20N2S6Zn. The summed E-state index contributed by atoms with van der Waals surface area (Å²) in [6, 6.07) is 38.8. The van der Waals surface area contributed by atoms with E-state index in [0.29, 0.717) is 8.64 Å². The van der Waals surface area contributed by atoms with Crippen LogP contribution < -0.4 is 7.78 Å². The summed E-state index contributed by atoms with van der Waals surface area (Å²) in [5.74, 6) is 0. The molecule has 0 heterocycles. The van der Waals surface area contributed by atoms with E-state index in [4.69, 9.17) is 75.3 Å². The number of nitrogens with zero attached hydrogens (tertiary/aromatic N) is 2. The first-order valence-electron chi connectivity index (χ1n) is 10.2. The number of hydrogen-bond donors (Lipinski definition) is 0. The summed E-state index contributed by atoms with van der Waals surface area (Å²) >= 11 is 32.0. The summed E-state index contributed by atoms with van der Waals surface area (Å²) in [4.78, 5) is 0. The van der Waals surface area contributed by atoms with E-state index < -0.39 is 0 Å². The summed E-state index contributed by atoms with van der Waals surface area (Å²) in [6.45, 7) is 0. The second-order valence-electron chi connectivity index (χ2n) is 7.09. The molecule has 0 bridgehead atoms. The molecule has 0 spiro atoms. The Morgan fingerprint density at radius 3 is 0.743 bits per heavy atom. The van der Waals surface area contributed by atoms with Gasteiger partial charge in [0.15, 0.2) is 0 Å². The van der Waals surface area contributed by atoms with E-state index in [9.17, 15) is 0 Å². The van der Waals surface area contributed by atoms with Crippen LogP contribution in [0.25, 0.3) is 0 Å². The Hall–Kier alpha value is -1.26. The predicted molar refractivity (Wildman–Crippen MR) is 163 cm³/mol. The molecule has 0 aliphatic heterocycles. The fourth-order valence-corrected chi connectivity index (χ4v) is 4.60. The molecule has 9 heteroatoms. The van der Waals surface area contributed by atoms with Crippen LogP contribution in [-0.4, -0.2) is 8.64 Å². The Morgan fingerprint density at radius 2 is 0.600 bits per heavy atom. The molecule has 172 valence electrons. The van der Waals surface area contributed by atoms with E-state index in [-0.39, 0.29) is 27.3 Å². The number of hydrogen-bond acceptors (Lipinski definition) is 6. The number of quaternary nitrogens is 2. The average molecular weight is 618 g/mol. The van der Waals surface area contributed by atoms with Crippen molar-refractivity contribution >= 4 is 107 Å². The maximum Gasteiger partial charge on any atom is 2.00 e. The van der Waals surface area contributed by atoms with Crippen molar-refractivity contribution in [2.75, 3.05) is 0 Å². The molecule has 35 heavy (non-hydrogen) atoms. The van der Waals surface area contributed by atoms with Crippen molar-refractivity contribution in [2.45, 2.75) is 0 Å². The summed E-state index contributed by atoms with van der Waals surface area (Å²) in [6.07, 6.45) is 0. The van der Waals surface area contributed by atoms with Gasteiger partial charge in [0.2, 0.25) is 0 Å². The van der Waals surface area contributed by atoms with Crippen LogP contribution in [0, 0.1) is 0 Å². The van der Waals surface area contributed by atoms with Crippen LogP contribution in [0.5, 0.6) is 0 Å². The molecule has 0 radical (unpaired) electrons. The van der Waals surface area contributed by atoms with Crippen molar-refractivity contribution in [1.29, 1.82) is 0 Å². The van der Waals surface area contributed by atoms with Gasteiger partial charge in [-0.05, 0) is 48.5 Å². The topological polar surface area (TPSA) is 0 Å². The Morgan fingerprint density at radius 1 is 0.429 bits per heavy atom. The molecule has 2 nitrogen and oxygen atoms in total. The fourth-order valence-electron chi connectivity index (χ4n) is 3.27. The molecule has 0 atom stereocenters. The Labute approximate surface area is 253 Å². The largest absolute Gasteiger partial charge is 2.00 e. The SMILES string of the molecule is S=C([S-])[N+]([S-])(c1ccccc1)c1ccccc1.S=C([S-])[N+]([S-])(c1ccccc1)c1ccccc1.[Zn+2]. The molecule has 0 amide bonds. The maximum atomic E-state index is 5.65. The third-order valence-electron chi connectivity index (χ3n) is 4.99. The van der Waals surface area contributed by atoms with Gasteiger partial charge in [-0.25, -0.2) is 0 Å². The Balaban J connectivity index is 0.000000240. The van der Waals surface area contributed by atoms with E-state index in [2.05, 4.69) is 0 Å². The summed E-state index contributed by atoms with van der Waals surface area (Å²) < 4.78 is 0.591. The van der Waals surface area contributed by atoms with Crippen molar-refractivity contribution in [2.24, 2.45) is 0 Å². The maximum absolute atomic E-state index is 5.65. The smallest absolute Gasteiger partial charge is 0.477 e. The Bertz CT molecular complexity index is 1050. The average Bonchev–Trinajstić information content (AvgIpc) is 2.90. The zero-order chi connectivity index (χ0) is 24.6. The van der Waals surface area contributed by atoms with Gasteiger partial charge in [-0.15, -0.1) is 0 Å². The minimum Gasteiger partial charge on any atom is -0.477 e. The van der Waals surface area contributed by atoms with Crippen molar-refractivity contribution in [1.82, 2.24) is 7.78 Å². The van der Waals surface area contributed by atoms with Crippen molar-refractivity contribution in [3.05, 3.63) is 121 Å². The second kappa shape index (κ2) is 13.9. The van der Waals surface area contributed by atoms with Gasteiger partial charge in [0.25, 0.3) is 0 Å². The quantitative estimate of drug-likeness (QED) is 0.102. The first-order chi connectivity index (χ1) is 16.3. The van der Waals surface area contributed by atoms with Gasteiger partial charge in [0.1, 0.15) is 22.7 Å². The van der Waals surface area contributed by atoms with Crippen LogP contribution in [0.3, 0.4) is 0 Å². The standard InChI is InChI=1S/2C13H11NS3.Zn/c2*15-13(16)14(17,11-7-3-1-4-8-11)12-9-5-2-6-10-12;/h2*1-10H,(H,15,16);/q;;+2/p-2. The molecule has 0 unspecified atom stereocenters. The summed E-state index contributed by atoms with van der Waals surface area (Å²) in [5.41, 5.74) is 3.59. The van der Waals surface area contributed by atoms with Crippen LogP contribution in [0.1, 0.15) is 0 Å². The minimum absolute atomic E-state index is 0. The van der Waals surface area contributed by atoms with Crippen molar-refractivity contribution < 1.29 is 19.5 Å². The van der Waals surface area contributed by atoms with E-state index in [1.54, 1.807) is 0 Å². The number of thiocarbonyl (C=S) groups is 2.